The summed E-state index contributed by atoms with van der Waals surface area (Å²) < 4.78 is 5.38. The Balaban J connectivity index is 2.41. The van der Waals surface area contributed by atoms with Crippen molar-refractivity contribution < 1.29 is 9.21 Å². The van der Waals surface area contributed by atoms with E-state index in [0.29, 0.717) is 19.1 Å². The summed E-state index contributed by atoms with van der Waals surface area (Å²) in [5.41, 5.74) is 0. The summed E-state index contributed by atoms with van der Waals surface area (Å²) in [6.45, 7) is 4.91. The number of hydrogen-bond donors (Lipinski definition) is 2. The lowest BCUT2D eigenvalue weighted by Crippen LogP contribution is -2.40. The number of carbonyl (C=O) groups excluding carboxylic acids is 1. The maximum Gasteiger partial charge on any atom is 0.234 e. The van der Waals surface area contributed by atoms with Gasteiger partial charge < -0.3 is 15.1 Å². The number of hydrogen-bond acceptors (Lipinski definition) is 4. The van der Waals surface area contributed by atoms with E-state index in [1.165, 1.54) is 0 Å². The van der Waals surface area contributed by atoms with Crippen LogP contribution >= 0.6 is 0 Å². The van der Waals surface area contributed by atoms with Crippen molar-refractivity contribution in [3.05, 3.63) is 24.2 Å². The van der Waals surface area contributed by atoms with Gasteiger partial charge in [0.2, 0.25) is 5.91 Å². The van der Waals surface area contributed by atoms with E-state index in [2.05, 4.69) is 10.6 Å². The average Bonchev–Trinajstić information content (AvgIpc) is 2.79. The molecule has 102 valence electrons. The minimum atomic E-state index is 0.00195. The van der Waals surface area contributed by atoms with Crippen LogP contribution in [-0.4, -0.2) is 44.0 Å². The molecule has 0 fully saturated rings. The fraction of sp³-hybridized carbons (Fsp3) is 0.615. The highest BCUT2D eigenvalue weighted by atomic mass is 16.3. The first-order valence-corrected chi connectivity index (χ1v) is 6.20. The van der Waals surface area contributed by atoms with Crippen LogP contribution in [0.5, 0.6) is 0 Å². The topological polar surface area (TPSA) is 57.5 Å². The standard InChI is InChI=1S/C13H23N3O2/c1-10(2)14-9-13(17)15-8-11(16(3)4)12-6-5-7-18-12/h5-7,10-11,14H,8-9H2,1-4H3,(H,15,17). The van der Waals surface area contributed by atoms with E-state index in [4.69, 9.17) is 4.42 Å². The van der Waals surface area contributed by atoms with Crippen LogP contribution in [0.2, 0.25) is 0 Å². The predicted molar refractivity (Wildman–Crippen MR) is 71.3 cm³/mol. The summed E-state index contributed by atoms with van der Waals surface area (Å²) in [5, 5.41) is 5.99. The molecule has 2 N–H and O–H groups in total. The Bertz CT molecular complexity index is 347. The van der Waals surface area contributed by atoms with Crippen LogP contribution in [0.25, 0.3) is 0 Å². The number of likely N-dealkylation sites (N-methyl/N-ethyl adjacent to an activating group) is 1. The Labute approximate surface area is 109 Å². The molecule has 0 spiro atoms. The van der Waals surface area contributed by atoms with Crippen LogP contribution in [0, 0.1) is 0 Å². The number of nitrogens with zero attached hydrogens (tertiary/aromatic N) is 1. The van der Waals surface area contributed by atoms with Gasteiger partial charge in [-0.2, -0.15) is 0 Å². The first-order valence-electron chi connectivity index (χ1n) is 6.20. The van der Waals surface area contributed by atoms with E-state index in [-0.39, 0.29) is 11.9 Å². The zero-order chi connectivity index (χ0) is 13.5. The van der Waals surface area contributed by atoms with E-state index in [1.54, 1.807) is 6.26 Å². The number of amides is 1. The van der Waals surface area contributed by atoms with Crippen molar-refractivity contribution in [1.29, 1.82) is 0 Å². The molecule has 1 aromatic heterocycles. The molecule has 0 aliphatic rings. The molecule has 0 aliphatic heterocycles. The highest BCUT2D eigenvalue weighted by Crippen LogP contribution is 2.17. The molecular formula is C13H23N3O2. The van der Waals surface area contributed by atoms with Gasteiger partial charge in [-0.25, -0.2) is 0 Å². The number of rotatable bonds is 7. The quantitative estimate of drug-likeness (QED) is 0.761. The maximum absolute atomic E-state index is 11.6. The predicted octanol–water partition coefficient (Wildman–Crippen LogP) is 0.996. The molecule has 5 nitrogen and oxygen atoms in total. The first kappa shape index (κ1) is 14.7. The Hall–Kier alpha value is -1.33. The third kappa shape index (κ3) is 4.89. The minimum Gasteiger partial charge on any atom is -0.468 e. The van der Waals surface area contributed by atoms with Crippen LogP contribution in [0.3, 0.4) is 0 Å². The number of furan rings is 1. The Morgan fingerprint density at radius 1 is 1.44 bits per heavy atom. The fourth-order valence-corrected chi connectivity index (χ4v) is 1.59. The Morgan fingerprint density at radius 2 is 2.17 bits per heavy atom. The average molecular weight is 253 g/mol. The van der Waals surface area contributed by atoms with E-state index in [1.807, 2.05) is 45.0 Å². The molecule has 1 amide bonds. The van der Waals surface area contributed by atoms with Crippen LogP contribution < -0.4 is 10.6 Å². The maximum atomic E-state index is 11.6. The summed E-state index contributed by atoms with van der Waals surface area (Å²) in [6.07, 6.45) is 1.65. The second-order valence-electron chi connectivity index (χ2n) is 4.83. The second kappa shape index (κ2) is 7.18. The fourth-order valence-electron chi connectivity index (χ4n) is 1.59. The lowest BCUT2D eigenvalue weighted by Gasteiger charge is -2.22. The van der Waals surface area contributed by atoms with Gasteiger partial charge in [0.25, 0.3) is 0 Å². The summed E-state index contributed by atoms with van der Waals surface area (Å²) in [5.74, 6) is 0.860. The monoisotopic (exact) mass is 253 g/mol. The largest absolute Gasteiger partial charge is 0.468 e. The first-order chi connectivity index (χ1) is 8.50. The van der Waals surface area contributed by atoms with Gasteiger partial charge in [-0.05, 0) is 26.2 Å². The minimum absolute atomic E-state index is 0.00195. The molecule has 1 aromatic rings. The molecule has 0 aromatic carbocycles. The van der Waals surface area contributed by atoms with Crippen molar-refractivity contribution in [1.82, 2.24) is 15.5 Å². The molecule has 1 atom stereocenters. The molecule has 0 bridgehead atoms. The summed E-state index contributed by atoms with van der Waals surface area (Å²) in [6, 6.07) is 4.14. The molecule has 1 heterocycles. The van der Waals surface area contributed by atoms with Crippen LogP contribution in [0.1, 0.15) is 25.6 Å². The molecule has 0 aliphatic carbocycles. The zero-order valence-corrected chi connectivity index (χ0v) is 11.6. The van der Waals surface area contributed by atoms with Gasteiger partial charge in [0, 0.05) is 12.6 Å². The lowest BCUT2D eigenvalue weighted by atomic mass is 10.2. The van der Waals surface area contributed by atoms with Crippen LogP contribution in [0.4, 0.5) is 0 Å². The molecule has 0 saturated carbocycles. The molecule has 1 unspecified atom stereocenters. The van der Waals surface area contributed by atoms with Gasteiger partial charge in [0.1, 0.15) is 5.76 Å². The SMILES string of the molecule is CC(C)NCC(=O)NCC(c1ccco1)N(C)C. The highest BCUT2D eigenvalue weighted by Gasteiger charge is 2.17. The molecule has 0 saturated heterocycles. The van der Waals surface area contributed by atoms with Crippen molar-refractivity contribution >= 4 is 5.91 Å². The van der Waals surface area contributed by atoms with Gasteiger partial charge in [-0.15, -0.1) is 0 Å². The normalized spacial score (nSPS) is 13.0. The van der Waals surface area contributed by atoms with Gasteiger partial charge >= 0.3 is 0 Å². The van der Waals surface area contributed by atoms with Gasteiger partial charge in [0.05, 0.1) is 18.8 Å². The molecule has 18 heavy (non-hydrogen) atoms. The number of carbonyl (C=O) groups is 1. The Morgan fingerprint density at radius 3 is 2.67 bits per heavy atom. The summed E-state index contributed by atoms with van der Waals surface area (Å²) in [4.78, 5) is 13.6. The van der Waals surface area contributed by atoms with Crippen molar-refractivity contribution in [2.24, 2.45) is 0 Å². The zero-order valence-electron chi connectivity index (χ0n) is 11.6. The van der Waals surface area contributed by atoms with E-state index >= 15 is 0 Å². The third-order valence-corrected chi connectivity index (χ3v) is 2.66. The highest BCUT2D eigenvalue weighted by molar-refractivity contribution is 5.78. The summed E-state index contributed by atoms with van der Waals surface area (Å²) in [7, 11) is 3.93. The molecule has 0 radical (unpaired) electrons. The van der Waals surface area contributed by atoms with Gasteiger partial charge in [-0.1, -0.05) is 13.8 Å². The van der Waals surface area contributed by atoms with Crippen molar-refractivity contribution in [2.75, 3.05) is 27.2 Å². The van der Waals surface area contributed by atoms with Crippen molar-refractivity contribution in [3.63, 3.8) is 0 Å². The van der Waals surface area contributed by atoms with Crippen molar-refractivity contribution in [2.45, 2.75) is 25.9 Å². The second-order valence-corrected chi connectivity index (χ2v) is 4.83. The van der Waals surface area contributed by atoms with E-state index < -0.39 is 0 Å². The van der Waals surface area contributed by atoms with Crippen LogP contribution in [0.15, 0.2) is 22.8 Å². The van der Waals surface area contributed by atoms with Gasteiger partial charge in [-0.3, -0.25) is 9.69 Å². The molecule has 5 heteroatoms. The lowest BCUT2D eigenvalue weighted by molar-refractivity contribution is -0.120. The van der Waals surface area contributed by atoms with E-state index in [0.717, 1.165) is 5.76 Å². The van der Waals surface area contributed by atoms with Crippen molar-refractivity contribution in [3.8, 4) is 0 Å². The molecular weight excluding hydrogens is 230 g/mol. The third-order valence-electron chi connectivity index (χ3n) is 2.66. The number of nitrogens with one attached hydrogen (secondary N) is 2. The molecule has 1 rings (SSSR count). The summed E-state index contributed by atoms with van der Waals surface area (Å²) >= 11 is 0. The van der Waals surface area contributed by atoms with Crippen LogP contribution in [-0.2, 0) is 4.79 Å². The van der Waals surface area contributed by atoms with E-state index in [9.17, 15) is 4.79 Å². The van der Waals surface area contributed by atoms with Gasteiger partial charge in [0.15, 0.2) is 0 Å². The smallest absolute Gasteiger partial charge is 0.234 e. The Kier molecular flexibility index (Phi) is 5.88.